The van der Waals surface area contributed by atoms with Crippen LogP contribution in [0.2, 0.25) is 0 Å². The molecule has 17 rings (SSSR count). The van der Waals surface area contributed by atoms with E-state index in [0.717, 1.165) is 118 Å². The summed E-state index contributed by atoms with van der Waals surface area (Å²) in [5.74, 6) is 0.472. The Balaban J connectivity index is 0.982. The van der Waals surface area contributed by atoms with Crippen molar-refractivity contribution in [1.82, 2.24) is 23.7 Å². The van der Waals surface area contributed by atoms with Crippen LogP contribution in [-0.4, -0.2) is 23.7 Å². The Morgan fingerprint density at radius 3 is 1.11 bits per heavy atom. The zero-order valence-corrected chi connectivity index (χ0v) is 52.3. The van der Waals surface area contributed by atoms with Crippen molar-refractivity contribution >= 4 is 65.4 Å². The van der Waals surface area contributed by atoms with E-state index < -0.39 is 23.5 Å². The van der Waals surface area contributed by atoms with Crippen LogP contribution in [0.4, 0.5) is 26.3 Å². The molecule has 0 bridgehead atoms. The summed E-state index contributed by atoms with van der Waals surface area (Å²) in [5.41, 5.74) is 16.4. The Morgan fingerprint density at radius 2 is 0.680 bits per heavy atom. The molecule has 4 aromatic heterocycles. The number of aryl methyl sites for hydroxylation is 2. The lowest BCUT2D eigenvalue weighted by molar-refractivity contribution is -0.138. The Morgan fingerprint density at radius 1 is 0.278 bits per heavy atom. The molecule has 0 fully saturated rings. The van der Waals surface area contributed by atoms with Crippen molar-refractivity contribution in [1.29, 1.82) is 0 Å². The molecule has 97 heavy (non-hydrogen) atoms. The normalized spacial score (nSPS) is 12.1. The second-order valence-electron chi connectivity index (χ2n) is 24.8. The van der Waals surface area contributed by atoms with E-state index in [0.29, 0.717) is 61.0 Å². The largest absolute Gasteiger partial charge is 0.417 e. The van der Waals surface area contributed by atoms with Gasteiger partial charge in [-0.2, -0.15) is 26.3 Å². The smallest absolute Gasteiger partial charge is 0.309 e. The van der Waals surface area contributed by atoms with Crippen LogP contribution in [0.15, 0.2) is 297 Å². The minimum absolute atomic E-state index is 0.0145. The van der Waals surface area contributed by atoms with Gasteiger partial charge >= 0.3 is 12.4 Å². The van der Waals surface area contributed by atoms with Crippen molar-refractivity contribution < 1.29 is 26.3 Å². The first kappa shape index (κ1) is 58.7. The number of benzene rings is 13. The number of para-hydroxylation sites is 4. The van der Waals surface area contributed by atoms with Gasteiger partial charge in [0.05, 0.1) is 61.3 Å². The molecule has 5 nitrogen and oxygen atoms in total. The molecule has 13 aromatic carbocycles. The lowest BCUT2D eigenvalue weighted by Gasteiger charge is -2.22. The van der Waals surface area contributed by atoms with E-state index in [1.165, 1.54) is 18.2 Å². The molecule has 0 unspecified atom stereocenters. The van der Waals surface area contributed by atoms with Gasteiger partial charge in [-0.05, 0) is 162 Å². The summed E-state index contributed by atoms with van der Waals surface area (Å²) in [6.07, 6.45) is -9.24. The van der Waals surface area contributed by atoms with Crippen molar-refractivity contribution in [3.05, 3.63) is 320 Å². The molecule has 0 saturated heterocycles. The standard InChI is InChI=1S/C86H55F6N5/c1-52-29-41-65(74(45-52)86(90,91)92)59-35-44-82-73(48-59)72-47-58(64-42-36-61(46-53(64)2)85(87,88)89)34-43-81(72)97(82)83-70(54-30-37-62(38-31-54)95-77-25-13-9-21-66(77)67-22-10-14-26-78(67)95)49-60(84-93-75(56-17-5-3-6-18-56)51-76(94-84)57-19-7-4-8-20-57)50-71(83)55-32-39-63(40-33-55)96-79-27-15-11-23-68(79)69-24-12-16-28-80(69)96/h3-51H,1-2H3. The van der Waals surface area contributed by atoms with Crippen LogP contribution in [0, 0.1) is 13.8 Å². The SMILES string of the molecule is Cc1ccc(-c2ccc3c(c2)c2cc(-c4ccc(C(F)(F)F)cc4C)ccc2n3-c2c(-c3ccc(-n4c5ccccc5c5ccccc54)cc3)cc(-c3nc(-c4ccccc4)cc(-c4ccccc4)n3)cc2-c2ccc(-n3c4ccccc4c4ccccc43)cc2)c(C(F)(F)F)c1. The van der Waals surface area contributed by atoms with Crippen LogP contribution in [0.1, 0.15) is 22.3 Å². The van der Waals surface area contributed by atoms with Crippen molar-refractivity contribution in [3.8, 4) is 95.5 Å². The Labute approximate surface area is 553 Å². The van der Waals surface area contributed by atoms with Crippen LogP contribution < -0.4 is 0 Å². The lowest BCUT2D eigenvalue weighted by Crippen LogP contribution is -2.07. The average molecular weight is 1270 g/mol. The maximum atomic E-state index is 15.3. The van der Waals surface area contributed by atoms with E-state index in [9.17, 15) is 13.2 Å². The Kier molecular flexibility index (Phi) is 13.8. The summed E-state index contributed by atoms with van der Waals surface area (Å²) >= 11 is 0. The summed E-state index contributed by atoms with van der Waals surface area (Å²) in [6.45, 7) is 3.30. The monoisotopic (exact) mass is 1270 g/mol. The number of hydrogen-bond donors (Lipinski definition) is 0. The highest BCUT2D eigenvalue weighted by atomic mass is 19.4. The van der Waals surface area contributed by atoms with E-state index >= 15 is 13.2 Å². The van der Waals surface area contributed by atoms with Crippen molar-refractivity contribution in [3.63, 3.8) is 0 Å². The average Bonchev–Trinajstić information content (AvgIpc) is 1.64. The second-order valence-corrected chi connectivity index (χ2v) is 24.8. The molecule has 0 saturated carbocycles. The van der Waals surface area contributed by atoms with E-state index in [2.05, 4.69) is 171 Å². The molecule has 0 aliphatic heterocycles. The van der Waals surface area contributed by atoms with Gasteiger partial charge in [0.1, 0.15) is 0 Å². The van der Waals surface area contributed by atoms with Crippen LogP contribution in [0.3, 0.4) is 0 Å². The predicted octanol–water partition coefficient (Wildman–Crippen LogP) is 24.1. The van der Waals surface area contributed by atoms with Crippen LogP contribution in [-0.2, 0) is 12.4 Å². The zero-order valence-electron chi connectivity index (χ0n) is 52.3. The number of halogens is 6. The highest BCUT2D eigenvalue weighted by Crippen LogP contribution is 2.48. The fourth-order valence-electron chi connectivity index (χ4n) is 14.4. The molecule has 0 atom stereocenters. The molecule has 11 heteroatoms. The van der Waals surface area contributed by atoms with Gasteiger partial charge in [0.25, 0.3) is 0 Å². The molecule has 4 heterocycles. The Hall–Kier alpha value is -12.1. The van der Waals surface area contributed by atoms with Gasteiger partial charge in [-0.15, -0.1) is 0 Å². The maximum Gasteiger partial charge on any atom is 0.417 e. The molecular weight excluding hydrogens is 1220 g/mol. The minimum Gasteiger partial charge on any atom is -0.309 e. The van der Waals surface area contributed by atoms with Crippen molar-refractivity contribution in [2.45, 2.75) is 26.2 Å². The van der Waals surface area contributed by atoms with Crippen molar-refractivity contribution in [2.75, 3.05) is 0 Å². The number of hydrogen-bond acceptors (Lipinski definition) is 2. The maximum absolute atomic E-state index is 15.3. The van der Waals surface area contributed by atoms with Crippen molar-refractivity contribution in [2.24, 2.45) is 0 Å². The first-order valence-electron chi connectivity index (χ1n) is 32.0. The summed E-state index contributed by atoms with van der Waals surface area (Å²) in [7, 11) is 0. The Bertz CT molecular complexity index is 5640. The third-order valence-corrected chi connectivity index (χ3v) is 18.9. The topological polar surface area (TPSA) is 40.6 Å². The first-order valence-corrected chi connectivity index (χ1v) is 32.0. The number of alkyl halides is 6. The first-order chi connectivity index (χ1) is 47.2. The highest BCUT2D eigenvalue weighted by Gasteiger charge is 2.35. The van der Waals surface area contributed by atoms with Gasteiger partial charge in [0.15, 0.2) is 5.82 Å². The lowest BCUT2D eigenvalue weighted by atomic mass is 9.92. The van der Waals surface area contributed by atoms with Gasteiger partial charge in [0.2, 0.25) is 0 Å². The third kappa shape index (κ3) is 10.1. The third-order valence-electron chi connectivity index (χ3n) is 18.9. The van der Waals surface area contributed by atoms with Gasteiger partial charge in [0, 0.05) is 71.5 Å². The van der Waals surface area contributed by atoms with Gasteiger partial charge in [-0.3, -0.25) is 0 Å². The molecule has 0 radical (unpaired) electrons. The molecule has 466 valence electrons. The summed E-state index contributed by atoms with van der Waals surface area (Å²) in [5, 5.41) is 5.81. The summed E-state index contributed by atoms with van der Waals surface area (Å²) in [6, 6.07) is 96.5. The van der Waals surface area contributed by atoms with Gasteiger partial charge in [-0.1, -0.05) is 194 Å². The fourth-order valence-corrected chi connectivity index (χ4v) is 14.4. The molecule has 0 aliphatic rings. The molecule has 0 aliphatic carbocycles. The number of rotatable bonds is 10. The molecule has 17 aromatic rings. The minimum atomic E-state index is -4.68. The molecule has 0 spiro atoms. The fraction of sp³-hybridized carbons (Fsp3) is 0.0465. The number of fused-ring (bicyclic) bond motifs is 9. The van der Waals surface area contributed by atoms with E-state index in [-0.39, 0.29) is 5.56 Å². The molecule has 0 amide bonds. The quantitative estimate of drug-likeness (QED) is 0.128. The number of aromatic nitrogens is 5. The number of nitrogens with zero attached hydrogens (tertiary/aromatic N) is 5. The van der Waals surface area contributed by atoms with E-state index in [1.807, 2.05) is 97.1 Å². The van der Waals surface area contributed by atoms with Crippen LogP contribution in [0.5, 0.6) is 0 Å². The zero-order chi connectivity index (χ0) is 65.8. The second kappa shape index (κ2) is 22.8. The summed E-state index contributed by atoms with van der Waals surface area (Å²) in [4.78, 5) is 10.9. The predicted molar refractivity (Wildman–Crippen MR) is 383 cm³/mol. The van der Waals surface area contributed by atoms with E-state index in [1.54, 1.807) is 26.0 Å². The van der Waals surface area contributed by atoms with Crippen LogP contribution >= 0.6 is 0 Å². The molecular formula is C86H55F6N5. The van der Waals surface area contributed by atoms with Crippen LogP contribution in [0.25, 0.3) is 161 Å². The van der Waals surface area contributed by atoms with Gasteiger partial charge < -0.3 is 13.7 Å². The van der Waals surface area contributed by atoms with E-state index in [4.69, 9.17) is 9.97 Å². The summed E-state index contributed by atoms with van der Waals surface area (Å²) < 4.78 is 95.4. The highest BCUT2D eigenvalue weighted by molar-refractivity contribution is 6.14. The molecule has 0 N–H and O–H groups in total. The van der Waals surface area contributed by atoms with Gasteiger partial charge in [-0.25, -0.2) is 9.97 Å².